The monoisotopic (exact) mass is 333 g/mol. The Morgan fingerprint density at radius 1 is 1.14 bits per heavy atom. The van der Waals surface area contributed by atoms with Crippen LogP contribution in [0.3, 0.4) is 0 Å². The summed E-state index contributed by atoms with van der Waals surface area (Å²) in [7, 11) is 1.86. The quantitative estimate of drug-likeness (QED) is 0.870. The standard InChI is InChI=1S/C15H23N3O.2ClH/c1-16-10-9-15(19)17-13-7-3-4-8-14(13)18-11-5-2-6-12-18;;/h3-4,7-8,16H,2,5-6,9-12H2,1H3,(H,17,19);2*1H. The minimum atomic E-state index is 0. The Morgan fingerprint density at radius 3 is 2.48 bits per heavy atom. The first-order valence-electron chi connectivity index (χ1n) is 7.09. The number of carbonyl (C=O) groups excluding carboxylic acids is 1. The zero-order chi connectivity index (χ0) is 13.5. The summed E-state index contributed by atoms with van der Waals surface area (Å²) in [6.07, 6.45) is 4.29. The van der Waals surface area contributed by atoms with E-state index >= 15 is 0 Å². The molecule has 0 aromatic heterocycles. The first-order valence-corrected chi connectivity index (χ1v) is 7.09. The van der Waals surface area contributed by atoms with Crippen molar-refractivity contribution in [1.29, 1.82) is 0 Å². The van der Waals surface area contributed by atoms with Crippen LogP contribution in [0.15, 0.2) is 24.3 Å². The van der Waals surface area contributed by atoms with Crippen LogP contribution in [-0.4, -0.2) is 32.6 Å². The summed E-state index contributed by atoms with van der Waals surface area (Å²) >= 11 is 0. The molecule has 0 aliphatic carbocycles. The Hall–Kier alpha value is -0.970. The minimum absolute atomic E-state index is 0. The fourth-order valence-electron chi connectivity index (χ4n) is 2.44. The van der Waals surface area contributed by atoms with Gasteiger partial charge in [0.2, 0.25) is 5.91 Å². The predicted molar refractivity (Wildman–Crippen MR) is 94.2 cm³/mol. The average Bonchev–Trinajstić information content (AvgIpc) is 2.46. The maximum atomic E-state index is 11.8. The summed E-state index contributed by atoms with van der Waals surface area (Å²) in [6.45, 7) is 2.88. The van der Waals surface area contributed by atoms with Crippen LogP contribution < -0.4 is 15.5 Å². The van der Waals surface area contributed by atoms with Crippen LogP contribution in [0.1, 0.15) is 25.7 Å². The highest BCUT2D eigenvalue weighted by molar-refractivity contribution is 5.94. The van der Waals surface area contributed by atoms with Crippen LogP contribution in [0.2, 0.25) is 0 Å². The molecule has 0 unspecified atom stereocenters. The van der Waals surface area contributed by atoms with E-state index in [1.165, 1.54) is 19.3 Å². The Bertz CT molecular complexity index is 423. The van der Waals surface area contributed by atoms with E-state index in [1.54, 1.807) is 0 Å². The SMILES string of the molecule is CNCCC(=O)Nc1ccccc1N1CCCCC1.Cl.Cl. The summed E-state index contributed by atoms with van der Waals surface area (Å²) in [4.78, 5) is 14.2. The fraction of sp³-hybridized carbons (Fsp3) is 0.533. The van der Waals surface area contributed by atoms with E-state index in [0.717, 1.165) is 24.5 Å². The summed E-state index contributed by atoms with van der Waals surface area (Å²) in [6, 6.07) is 8.09. The largest absolute Gasteiger partial charge is 0.370 e. The Balaban J connectivity index is 0.00000200. The normalized spacial score (nSPS) is 13.9. The summed E-state index contributed by atoms with van der Waals surface area (Å²) < 4.78 is 0. The van der Waals surface area contributed by atoms with E-state index in [-0.39, 0.29) is 30.7 Å². The number of rotatable bonds is 5. The predicted octanol–water partition coefficient (Wildman–Crippen LogP) is 3.07. The van der Waals surface area contributed by atoms with Crippen molar-refractivity contribution in [3.8, 4) is 0 Å². The molecule has 0 saturated carbocycles. The van der Waals surface area contributed by atoms with Gasteiger partial charge in [-0.3, -0.25) is 4.79 Å². The van der Waals surface area contributed by atoms with Gasteiger partial charge >= 0.3 is 0 Å². The maximum absolute atomic E-state index is 11.8. The number of amides is 1. The lowest BCUT2D eigenvalue weighted by molar-refractivity contribution is -0.116. The van der Waals surface area contributed by atoms with Gasteiger partial charge < -0.3 is 15.5 Å². The van der Waals surface area contributed by atoms with Crippen LogP contribution in [0, 0.1) is 0 Å². The maximum Gasteiger partial charge on any atom is 0.225 e. The number of piperidine rings is 1. The van der Waals surface area contributed by atoms with E-state index < -0.39 is 0 Å². The van der Waals surface area contributed by atoms with E-state index in [0.29, 0.717) is 13.0 Å². The lowest BCUT2D eigenvalue weighted by Crippen LogP contribution is -2.30. The van der Waals surface area contributed by atoms with Gasteiger partial charge in [0.05, 0.1) is 11.4 Å². The molecular formula is C15H25Cl2N3O. The molecule has 21 heavy (non-hydrogen) atoms. The Morgan fingerprint density at radius 2 is 1.81 bits per heavy atom. The summed E-state index contributed by atoms with van der Waals surface area (Å²) in [5.41, 5.74) is 2.09. The molecule has 2 N–H and O–H groups in total. The number of carbonyl (C=O) groups is 1. The van der Waals surface area contributed by atoms with Crippen molar-refractivity contribution in [1.82, 2.24) is 5.32 Å². The molecule has 0 bridgehead atoms. The van der Waals surface area contributed by atoms with Gasteiger partial charge in [0, 0.05) is 26.1 Å². The second-order valence-electron chi connectivity index (χ2n) is 4.97. The van der Waals surface area contributed by atoms with Crippen molar-refractivity contribution in [2.45, 2.75) is 25.7 Å². The third-order valence-electron chi connectivity index (χ3n) is 3.48. The average molecular weight is 334 g/mol. The zero-order valence-electron chi connectivity index (χ0n) is 12.4. The molecule has 1 aromatic rings. The number of nitrogens with one attached hydrogen (secondary N) is 2. The molecule has 6 heteroatoms. The van der Waals surface area contributed by atoms with Gasteiger partial charge in [0.25, 0.3) is 0 Å². The molecule has 1 amide bonds. The van der Waals surface area contributed by atoms with Crippen molar-refractivity contribution < 1.29 is 4.79 Å². The highest BCUT2D eigenvalue weighted by Crippen LogP contribution is 2.28. The third-order valence-corrected chi connectivity index (χ3v) is 3.48. The van der Waals surface area contributed by atoms with Gasteiger partial charge in [0.1, 0.15) is 0 Å². The number of nitrogens with zero attached hydrogens (tertiary/aromatic N) is 1. The van der Waals surface area contributed by atoms with Crippen LogP contribution in [-0.2, 0) is 4.79 Å². The molecule has 4 nitrogen and oxygen atoms in total. The molecule has 2 rings (SSSR count). The van der Waals surface area contributed by atoms with Gasteiger partial charge in [-0.25, -0.2) is 0 Å². The lowest BCUT2D eigenvalue weighted by atomic mass is 10.1. The topological polar surface area (TPSA) is 44.4 Å². The van der Waals surface area contributed by atoms with Crippen molar-refractivity contribution in [2.24, 2.45) is 0 Å². The fourth-order valence-corrected chi connectivity index (χ4v) is 2.44. The minimum Gasteiger partial charge on any atom is -0.370 e. The molecular weight excluding hydrogens is 309 g/mol. The lowest BCUT2D eigenvalue weighted by Gasteiger charge is -2.30. The van der Waals surface area contributed by atoms with Gasteiger partial charge in [-0.05, 0) is 38.4 Å². The Labute approximate surface area is 139 Å². The first kappa shape index (κ1) is 20.0. The molecule has 120 valence electrons. The number of halogens is 2. The first-order chi connectivity index (χ1) is 9.31. The van der Waals surface area contributed by atoms with E-state index in [2.05, 4.69) is 21.6 Å². The van der Waals surface area contributed by atoms with Gasteiger partial charge in [-0.2, -0.15) is 0 Å². The molecule has 1 fully saturated rings. The van der Waals surface area contributed by atoms with Crippen molar-refractivity contribution in [3.05, 3.63) is 24.3 Å². The molecule has 1 heterocycles. The number of hydrogen-bond acceptors (Lipinski definition) is 3. The molecule has 1 saturated heterocycles. The third kappa shape index (κ3) is 6.12. The van der Waals surface area contributed by atoms with Crippen LogP contribution in [0.4, 0.5) is 11.4 Å². The molecule has 1 aliphatic heterocycles. The van der Waals surface area contributed by atoms with Crippen LogP contribution in [0.5, 0.6) is 0 Å². The molecule has 1 aromatic carbocycles. The Kier molecular flexibility index (Phi) is 10.2. The number of para-hydroxylation sites is 2. The highest BCUT2D eigenvalue weighted by Gasteiger charge is 2.15. The van der Waals surface area contributed by atoms with E-state index in [1.807, 2.05) is 25.2 Å². The molecule has 0 atom stereocenters. The van der Waals surface area contributed by atoms with Gasteiger partial charge in [-0.15, -0.1) is 24.8 Å². The zero-order valence-corrected chi connectivity index (χ0v) is 14.1. The number of anilines is 2. The molecule has 0 spiro atoms. The highest BCUT2D eigenvalue weighted by atomic mass is 35.5. The van der Waals surface area contributed by atoms with Gasteiger partial charge in [-0.1, -0.05) is 12.1 Å². The number of benzene rings is 1. The summed E-state index contributed by atoms with van der Waals surface area (Å²) in [5.74, 6) is 0.0683. The van der Waals surface area contributed by atoms with Gasteiger partial charge in [0.15, 0.2) is 0 Å². The second kappa shape index (κ2) is 10.7. The van der Waals surface area contributed by atoms with Crippen LogP contribution in [0.25, 0.3) is 0 Å². The molecule has 1 aliphatic rings. The van der Waals surface area contributed by atoms with E-state index in [9.17, 15) is 4.79 Å². The van der Waals surface area contributed by atoms with Crippen molar-refractivity contribution in [3.63, 3.8) is 0 Å². The second-order valence-corrected chi connectivity index (χ2v) is 4.97. The number of hydrogen-bond donors (Lipinski definition) is 2. The van der Waals surface area contributed by atoms with Crippen molar-refractivity contribution >= 4 is 42.1 Å². The smallest absolute Gasteiger partial charge is 0.225 e. The summed E-state index contributed by atoms with van der Waals surface area (Å²) in [5, 5.41) is 6.01. The van der Waals surface area contributed by atoms with Crippen molar-refractivity contribution in [2.75, 3.05) is 36.9 Å². The van der Waals surface area contributed by atoms with Crippen LogP contribution >= 0.6 is 24.8 Å². The molecule has 0 radical (unpaired) electrons. The van der Waals surface area contributed by atoms with E-state index in [4.69, 9.17) is 0 Å².